The third-order valence-corrected chi connectivity index (χ3v) is 2.94. The zero-order valence-corrected chi connectivity index (χ0v) is 9.40. The average molecular weight is 223 g/mol. The van der Waals surface area contributed by atoms with Gasteiger partial charge in [0.15, 0.2) is 0 Å². The number of carbonyl (C=O) groups is 1. The molecule has 0 radical (unpaired) electrons. The van der Waals surface area contributed by atoms with E-state index < -0.39 is 0 Å². The quantitative estimate of drug-likeness (QED) is 0.441. The Morgan fingerprint density at radius 3 is 3.00 bits per heavy atom. The van der Waals surface area contributed by atoms with E-state index in [2.05, 4.69) is 17.2 Å². The van der Waals surface area contributed by atoms with Gasteiger partial charge < -0.3 is 4.42 Å². The van der Waals surface area contributed by atoms with Crippen LogP contribution in [0.15, 0.2) is 16.7 Å². The Labute approximate surface area is 94.6 Å². The van der Waals surface area contributed by atoms with Crippen LogP contribution in [-0.4, -0.2) is 23.4 Å². The highest BCUT2D eigenvalue weighted by atomic mass is 16.3. The maximum Gasteiger partial charge on any atom is 0.268 e. The highest BCUT2D eigenvalue weighted by Gasteiger charge is 2.29. The molecule has 1 fully saturated rings. The van der Waals surface area contributed by atoms with Crippen molar-refractivity contribution in [1.29, 1.82) is 0 Å². The molecule has 0 unspecified atom stereocenters. The summed E-state index contributed by atoms with van der Waals surface area (Å²) in [6, 6.07) is 2.31. The predicted molar refractivity (Wildman–Crippen MR) is 59.5 cm³/mol. The van der Waals surface area contributed by atoms with Crippen molar-refractivity contribution < 1.29 is 9.21 Å². The molecule has 0 bridgehead atoms. The van der Waals surface area contributed by atoms with Crippen LogP contribution in [0.4, 0.5) is 0 Å². The van der Waals surface area contributed by atoms with Crippen molar-refractivity contribution in [1.82, 2.24) is 10.3 Å². The Balaban J connectivity index is 2.08. The third kappa shape index (κ3) is 2.25. The predicted octanol–water partition coefficient (Wildman–Crippen LogP) is 0.867. The summed E-state index contributed by atoms with van der Waals surface area (Å²) in [6.07, 6.45) is 4.01. The van der Waals surface area contributed by atoms with Gasteiger partial charge in [0.25, 0.3) is 5.91 Å². The van der Waals surface area contributed by atoms with Gasteiger partial charge in [-0.1, -0.05) is 6.92 Å². The average Bonchev–Trinajstić information content (AvgIpc) is 3.04. The summed E-state index contributed by atoms with van der Waals surface area (Å²) in [5.74, 6) is 5.51. The molecule has 1 aromatic heterocycles. The van der Waals surface area contributed by atoms with E-state index in [9.17, 15) is 4.79 Å². The van der Waals surface area contributed by atoms with Crippen LogP contribution in [0.3, 0.4) is 0 Å². The first kappa shape index (κ1) is 11.2. The summed E-state index contributed by atoms with van der Waals surface area (Å²) in [4.78, 5) is 13.7. The lowest BCUT2D eigenvalue weighted by Crippen LogP contribution is -2.31. The molecule has 16 heavy (non-hydrogen) atoms. The Kier molecular flexibility index (Phi) is 3.26. The fourth-order valence-corrected chi connectivity index (χ4v) is 1.87. The molecule has 0 atom stereocenters. The molecule has 2 rings (SSSR count). The van der Waals surface area contributed by atoms with Gasteiger partial charge in [-0.3, -0.25) is 15.1 Å². The first-order valence-corrected chi connectivity index (χ1v) is 5.57. The summed E-state index contributed by atoms with van der Waals surface area (Å²) >= 11 is 0. The molecular formula is C11H17N3O2. The smallest absolute Gasteiger partial charge is 0.268 e. The lowest BCUT2D eigenvalue weighted by molar-refractivity contribution is 0.0949. The molecule has 0 aromatic carbocycles. The van der Waals surface area contributed by atoms with E-state index >= 15 is 0 Å². The van der Waals surface area contributed by atoms with Crippen molar-refractivity contribution in [2.24, 2.45) is 5.84 Å². The van der Waals surface area contributed by atoms with E-state index in [4.69, 9.17) is 10.3 Å². The van der Waals surface area contributed by atoms with E-state index in [0.29, 0.717) is 23.9 Å². The third-order valence-electron chi connectivity index (χ3n) is 2.94. The Bertz CT molecular complexity index is 371. The number of nitrogens with one attached hydrogen (secondary N) is 1. The fraction of sp³-hybridized carbons (Fsp3) is 0.545. The summed E-state index contributed by atoms with van der Waals surface area (Å²) in [5, 5.41) is 0. The molecule has 3 N–H and O–H groups in total. The summed E-state index contributed by atoms with van der Waals surface area (Å²) in [5.41, 5.74) is 2.66. The van der Waals surface area contributed by atoms with E-state index in [-0.39, 0.29) is 5.91 Å². The van der Waals surface area contributed by atoms with E-state index in [1.807, 2.05) is 0 Å². The minimum absolute atomic E-state index is 0.296. The molecule has 1 aliphatic carbocycles. The number of carbonyl (C=O) groups excluding carboxylic acids is 1. The molecule has 5 nitrogen and oxygen atoms in total. The molecule has 1 aliphatic rings. The molecule has 1 aromatic rings. The van der Waals surface area contributed by atoms with Crippen molar-refractivity contribution in [3.8, 4) is 0 Å². The maximum absolute atomic E-state index is 11.4. The van der Waals surface area contributed by atoms with Crippen LogP contribution in [0.25, 0.3) is 0 Å². The number of nitrogens with two attached hydrogens (primary N) is 1. The van der Waals surface area contributed by atoms with Gasteiger partial charge in [-0.2, -0.15) is 0 Å². The second-order valence-electron chi connectivity index (χ2n) is 4.03. The molecule has 0 aliphatic heterocycles. The summed E-state index contributed by atoms with van der Waals surface area (Å²) < 4.78 is 5.34. The van der Waals surface area contributed by atoms with Crippen LogP contribution in [-0.2, 0) is 6.54 Å². The van der Waals surface area contributed by atoms with Crippen molar-refractivity contribution in [3.05, 3.63) is 23.7 Å². The largest absolute Gasteiger partial charge is 0.467 e. The van der Waals surface area contributed by atoms with Gasteiger partial charge in [0, 0.05) is 6.04 Å². The zero-order chi connectivity index (χ0) is 11.5. The van der Waals surface area contributed by atoms with Crippen molar-refractivity contribution in [2.75, 3.05) is 6.54 Å². The minimum Gasteiger partial charge on any atom is -0.467 e. The van der Waals surface area contributed by atoms with Crippen LogP contribution >= 0.6 is 0 Å². The monoisotopic (exact) mass is 223 g/mol. The van der Waals surface area contributed by atoms with Crippen LogP contribution in [0.2, 0.25) is 0 Å². The highest BCUT2D eigenvalue weighted by molar-refractivity contribution is 5.94. The second kappa shape index (κ2) is 4.67. The Morgan fingerprint density at radius 1 is 1.69 bits per heavy atom. The molecular weight excluding hydrogens is 206 g/mol. The van der Waals surface area contributed by atoms with Crippen LogP contribution in [0.1, 0.15) is 35.9 Å². The first-order chi connectivity index (χ1) is 7.76. The first-order valence-electron chi connectivity index (χ1n) is 5.57. The van der Waals surface area contributed by atoms with Crippen LogP contribution in [0.5, 0.6) is 0 Å². The van der Waals surface area contributed by atoms with E-state index in [1.54, 1.807) is 6.07 Å². The molecule has 5 heteroatoms. The normalized spacial score (nSPS) is 15.4. The maximum atomic E-state index is 11.4. The number of amides is 1. The molecule has 0 saturated heterocycles. The standard InChI is InChI=1S/C11H17N3O2/c1-2-14(8-3-4-8)7-10-9(5-6-16-10)11(15)13-12/h5-6,8H,2-4,7,12H2,1H3,(H,13,15). The molecule has 88 valence electrons. The number of hydrogen-bond donors (Lipinski definition) is 2. The topological polar surface area (TPSA) is 71.5 Å². The van der Waals surface area contributed by atoms with E-state index in [0.717, 1.165) is 6.54 Å². The van der Waals surface area contributed by atoms with Gasteiger partial charge in [-0.15, -0.1) is 0 Å². The van der Waals surface area contributed by atoms with Gasteiger partial charge in [0.2, 0.25) is 0 Å². The van der Waals surface area contributed by atoms with Gasteiger partial charge in [0.1, 0.15) is 5.76 Å². The van der Waals surface area contributed by atoms with Crippen molar-refractivity contribution >= 4 is 5.91 Å². The number of nitrogens with zero attached hydrogens (tertiary/aromatic N) is 1. The van der Waals surface area contributed by atoms with E-state index in [1.165, 1.54) is 19.1 Å². The minimum atomic E-state index is -0.296. The second-order valence-corrected chi connectivity index (χ2v) is 4.03. The van der Waals surface area contributed by atoms with Gasteiger partial charge >= 0.3 is 0 Å². The lowest BCUT2D eigenvalue weighted by atomic mass is 10.2. The lowest BCUT2D eigenvalue weighted by Gasteiger charge is -2.18. The molecule has 1 saturated carbocycles. The molecule has 1 amide bonds. The van der Waals surface area contributed by atoms with Crippen LogP contribution < -0.4 is 11.3 Å². The fourth-order valence-electron chi connectivity index (χ4n) is 1.87. The Hall–Kier alpha value is -1.33. The highest BCUT2D eigenvalue weighted by Crippen LogP contribution is 2.28. The van der Waals surface area contributed by atoms with Gasteiger partial charge in [-0.05, 0) is 25.5 Å². The number of furan rings is 1. The molecule has 0 spiro atoms. The summed E-state index contributed by atoms with van der Waals surface area (Å²) in [7, 11) is 0. The van der Waals surface area contributed by atoms with Crippen molar-refractivity contribution in [3.63, 3.8) is 0 Å². The summed E-state index contributed by atoms with van der Waals surface area (Å²) in [6.45, 7) is 3.76. The zero-order valence-electron chi connectivity index (χ0n) is 9.40. The van der Waals surface area contributed by atoms with Crippen LogP contribution in [0, 0.1) is 0 Å². The van der Waals surface area contributed by atoms with Gasteiger partial charge in [0.05, 0.1) is 18.4 Å². The van der Waals surface area contributed by atoms with Crippen molar-refractivity contribution in [2.45, 2.75) is 32.4 Å². The number of nitrogen functional groups attached to an aromatic ring is 1. The number of hydrogen-bond acceptors (Lipinski definition) is 4. The Morgan fingerprint density at radius 2 is 2.44 bits per heavy atom. The number of hydrazine groups is 1. The molecule has 1 heterocycles. The van der Waals surface area contributed by atoms with Gasteiger partial charge in [-0.25, -0.2) is 5.84 Å². The SMILES string of the molecule is CCN(Cc1occc1C(=O)NN)C1CC1. The number of rotatable bonds is 5.